The molecular weight excluding hydrogens is 1010 g/mol. The van der Waals surface area contributed by atoms with Gasteiger partial charge in [-0.05, 0) is 109 Å². The molecule has 0 saturated heterocycles. The van der Waals surface area contributed by atoms with Crippen LogP contribution in [0.1, 0.15) is 125 Å². The maximum Gasteiger partial charge on any atom is 0.347 e. The Morgan fingerprint density at radius 1 is 0.918 bits per heavy atom. The molecule has 0 radical (unpaired) electrons. The molecule has 400 valence electrons. The first kappa shape index (κ1) is 57.9. The van der Waals surface area contributed by atoms with E-state index in [0.717, 1.165) is 26.9 Å². The van der Waals surface area contributed by atoms with Crippen LogP contribution < -0.4 is 25.4 Å². The number of nitrogens with zero attached hydrogens (tertiary/aromatic N) is 2. The lowest BCUT2D eigenvalue weighted by atomic mass is 10.0. The number of hydrogen-bond donors (Lipinski definition) is 5. The molecule has 2 aliphatic heterocycles. The van der Waals surface area contributed by atoms with E-state index in [4.69, 9.17) is 18.9 Å². The van der Waals surface area contributed by atoms with E-state index < -0.39 is 78.4 Å². The molecule has 2 aromatic heterocycles. The number of carbonyl (C=O) groups excluding carboxylic acids is 7. The van der Waals surface area contributed by atoms with Gasteiger partial charge in [0.15, 0.2) is 18.3 Å². The number of thiophene rings is 1. The van der Waals surface area contributed by atoms with E-state index in [2.05, 4.69) is 39.7 Å². The number of benzene rings is 1. The van der Waals surface area contributed by atoms with Crippen LogP contribution in [0.4, 0.5) is 5.69 Å². The van der Waals surface area contributed by atoms with E-state index >= 15 is 0 Å². The van der Waals surface area contributed by atoms with Gasteiger partial charge in [0.05, 0.1) is 11.1 Å². The summed E-state index contributed by atoms with van der Waals surface area (Å²) in [5, 5.41) is 8.93. The third-order valence-corrected chi connectivity index (χ3v) is 17.4. The second-order valence-electron chi connectivity index (χ2n) is 17.4. The number of rotatable bonds is 25. The molecule has 0 bridgehead atoms. The summed E-state index contributed by atoms with van der Waals surface area (Å²) in [5.74, 6) is -5.42. The van der Waals surface area contributed by atoms with E-state index in [1.165, 1.54) is 23.4 Å². The van der Waals surface area contributed by atoms with E-state index in [0.29, 0.717) is 76.7 Å². The zero-order chi connectivity index (χ0) is 53.9. The third-order valence-electron chi connectivity index (χ3n) is 12.0. The monoisotopic (exact) mass is 1080 g/mol. The summed E-state index contributed by atoms with van der Waals surface area (Å²) >= 11 is 0.496. The highest BCUT2D eigenvalue weighted by Gasteiger charge is 2.40. The van der Waals surface area contributed by atoms with Gasteiger partial charge in [-0.25, -0.2) is 31.1 Å². The summed E-state index contributed by atoms with van der Waals surface area (Å²) in [6.45, 7) is 18.5. The summed E-state index contributed by atoms with van der Waals surface area (Å²) in [4.78, 5) is 95.3. The summed E-state index contributed by atoms with van der Waals surface area (Å²) < 4.78 is 76.4. The number of amides is 3. The van der Waals surface area contributed by atoms with Gasteiger partial charge in [0, 0.05) is 73.3 Å². The van der Waals surface area contributed by atoms with E-state index in [9.17, 15) is 50.4 Å². The van der Waals surface area contributed by atoms with Crippen LogP contribution in [-0.2, 0) is 63.0 Å². The number of anilines is 1. The number of fused-ring (bicyclic) bond motifs is 2. The van der Waals surface area contributed by atoms with Gasteiger partial charge in [0.25, 0.3) is 37.8 Å². The lowest BCUT2D eigenvalue weighted by molar-refractivity contribution is -0.179. The predicted octanol–water partition coefficient (Wildman–Crippen LogP) is 4.09. The molecule has 5 N–H and O–H groups in total. The topological polar surface area (TPSA) is 295 Å². The van der Waals surface area contributed by atoms with Crippen molar-refractivity contribution in [2.24, 2.45) is 0 Å². The fourth-order valence-electron chi connectivity index (χ4n) is 8.01. The van der Waals surface area contributed by atoms with Gasteiger partial charge in [0.2, 0.25) is 0 Å². The van der Waals surface area contributed by atoms with Crippen molar-refractivity contribution in [1.29, 1.82) is 0 Å². The molecule has 0 fully saturated rings. The standard InChI is InChI=1S/C48H65N7O15S3/c1-10-21-55-26-38(49-11-2)35-25-41(71-48(35)73(55,65)66)72(63,64)53-43(58)29(7)68-47(62)31(9)69-46(61)30(8)67-39(56)16-14-15-17-40(57)70-32-18-19-36-33(23-32)34(44(59)52-36)24-37-27(5)42(28(6)51-37)45(60)50-20-22-54(12-3)13-4/h18-19,23-25,29-31,38,49,51H,10-17,20-22,26H2,1-9H3,(H,50,60)(H,52,59)(H,53,58)/b34-24-/t29?,30?,31?,38-/m1/s1. The lowest BCUT2D eigenvalue weighted by Crippen LogP contribution is -2.43. The van der Waals surface area contributed by atoms with Crippen molar-refractivity contribution < 1.29 is 69.3 Å². The predicted molar refractivity (Wildman–Crippen MR) is 269 cm³/mol. The van der Waals surface area contributed by atoms with Gasteiger partial charge in [-0.15, -0.1) is 11.3 Å². The van der Waals surface area contributed by atoms with Crippen LogP contribution in [0.25, 0.3) is 11.6 Å². The number of aryl methyl sites for hydroxylation is 1. The molecule has 2 aliphatic rings. The summed E-state index contributed by atoms with van der Waals surface area (Å²) in [6.07, 6.45) is -2.49. The number of H-pyrrole nitrogens is 1. The molecule has 1 aromatic carbocycles. The van der Waals surface area contributed by atoms with Gasteiger partial charge in [-0.3, -0.25) is 24.0 Å². The van der Waals surface area contributed by atoms with Crippen LogP contribution in [-0.4, -0.2) is 137 Å². The third kappa shape index (κ3) is 14.4. The van der Waals surface area contributed by atoms with Crippen LogP contribution in [0.5, 0.6) is 5.75 Å². The number of sulfonamides is 2. The fourth-order valence-corrected chi connectivity index (χ4v) is 13.0. The summed E-state index contributed by atoms with van der Waals surface area (Å²) in [6, 6.07) is 5.41. The molecule has 0 aliphatic carbocycles. The molecular formula is C48H65N7O15S3. The van der Waals surface area contributed by atoms with E-state index in [1.54, 1.807) is 32.1 Å². The molecule has 0 spiro atoms. The molecule has 73 heavy (non-hydrogen) atoms. The fraction of sp³-hybridized carbons (Fsp3) is 0.521. The van der Waals surface area contributed by atoms with Crippen molar-refractivity contribution in [1.82, 2.24) is 29.5 Å². The molecule has 3 unspecified atom stereocenters. The first-order valence-electron chi connectivity index (χ1n) is 24.1. The average Bonchev–Trinajstić information content (AvgIpc) is 4.01. The molecule has 22 nitrogen and oxygen atoms in total. The number of aromatic amines is 1. The Morgan fingerprint density at radius 2 is 1.56 bits per heavy atom. The van der Waals surface area contributed by atoms with E-state index in [-0.39, 0.29) is 66.1 Å². The zero-order valence-electron chi connectivity index (χ0n) is 42.4. The van der Waals surface area contributed by atoms with Crippen LogP contribution in [0.3, 0.4) is 0 Å². The van der Waals surface area contributed by atoms with Crippen molar-refractivity contribution in [3.63, 3.8) is 0 Å². The number of hydrogen-bond acceptors (Lipinski definition) is 18. The summed E-state index contributed by atoms with van der Waals surface area (Å²) in [7, 11) is -8.62. The highest BCUT2D eigenvalue weighted by molar-refractivity contribution is 7.94. The SMILES string of the molecule is CCCN1C[C@@H](NCC)c2cc(S(=O)(=O)NC(=O)C(C)OC(=O)C(C)OC(=O)C(C)OC(=O)CCCCC(=O)Oc3ccc4c(c3)/C(=C/c3[nH]c(C)c(C(=O)NCCN(CC)CC)c3C)C(=O)N4)sc2S1(=O)=O. The molecule has 0 saturated carbocycles. The van der Waals surface area contributed by atoms with Crippen molar-refractivity contribution in [2.45, 2.75) is 127 Å². The molecule has 25 heteroatoms. The van der Waals surface area contributed by atoms with E-state index in [1.807, 2.05) is 18.6 Å². The number of unbranched alkanes of at least 4 members (excludes halogenated alkanes) is 1. The quantitative estimate of drug-likeness (QED) is 0.0262. The normalized spacial score (nSPS) is 16.9. The summed E-state index contributed by atoms with van der Waals surface area (Å²) in [5.41, 5.74) is 3.96. The van der Waals surface area contributed by atoms with Crippen molar-refractivity contribution >= 4 is 90.3 Å². The highest BCUT2D eigenvalue weighted by atomic mass is 32.3. The maximum atomic E-state index is 13.3. The number of aromatic nitrogens is 1. The first-order chi connectivity index (χ1) is 34.4. The smallest absolute Gasteiger partial charge is 0.347 e. The Morgan fingerprint density at radius 3 is 2.21 bits per heavy atom. The minimum absolute atomic E-state index is 0.0834. The molecule has 5 rings (SSSR count). The lowest BCUT2D eigenvalue weighted by Gasteiger charge is -2.32. The zero-order valence-corrected chi connectivity index (χ0v) is 44.9. The van der Waals surface area contributed by atoms with Crippen LogP contribution in [0, 0.1) is 13.8 Å². The van der Waals surface area contributed by atoms with Crippen molar-refractivity contribution in [3.8, 4) is 5.75 Å². The Labute approximate surface area is 429 Å². The molecule has 3 aromatic rings. The highest BCUT2D eigenvalue weighted by Crippen LogP contribution is 2.41. The Hall–Kier alpha value is -5.99. The number of carbonyl (C=O) groups is 7. The van der Waals surface area contributed by atoms with Crippen LogP contribution >= 0.6 is 11.3 Å². The number of ether oxygens (including phenoxy) is 4. The molecule has 3 amide bonds. The molecule has 4 heterocycles. The van der Waals surface area contributed by atoms with Gasteiger partial charge in [-0.1, -0.05) is 27.7 Å². The Balaban J connectivity index is 1.05. The average molecular weight is 1080 g/mol. The number of likely N-dealkylation sites (N-methyl/N-ethyl adjacent to an activating group) is 2. The minimum atomic E-state index is -4.62. The number of nitrogens with one attached hydrogen (secondary N) is 5. The van der Waals surface area contributed by atoms with Gasteiger partial charge in [-0.2, -0.15) is 4.31 Å². The Bertz CT molecular complexity index is 2840. The van der Waals surface area contributed by atoms with Gasteiger partial charge < -0.3 is 44.8 Å². The Kier molecular flexibility index (Phi) is 20.1. The number of esters is 4. The van der Waals surface area contributed by atoms with Gasteiger partial charge in [0.1, 0.15) is 14.2 Å². The largest absolute Gasteiger partial charge is 0.451 e. The second kappa shape index (κ2) is 25.3. The molecule has 4 atom stereocenters. The van der Waals surface area contributed by atoms with Crippen molar-refractivity contribution in [3.05, 3.63) is 57.9 Å². The van der Waals surface area contributed by atoms with Crippen LogP contribution in [0.15, 0.2) is 32.7 Å². The first-order valence-corrected chi connectivity index (χ1v) is 27.8. The second-order valence-corrected chi connectivity index (χ2v) is 22.5. The minimum Gasteiger partial charge on any atom is -0.451 e. The maximum absolute atomic E-state index is 13.3. The van der Waals surface area contributed by atoms with Gasteiger partial charge >= 0.3 is 23.9 Å². The van der Waals surface area contributed by atoms with Crippen molar-refractivity contribution in [2.75, 3.05) is 51.1 Å². The van der Waals surface area contributed by atoms with Crippen LogP contribution in [0.2, 0.25) is 0 Å².